The average molecular weight is 245 g/mol. The van der Waals surface area contributed by atoms with Crippen LogP contribution in [0.2, 0.25) is 0 Å². The van der Waals surface area contributed by atoms with Gasteiger partial charge >= 0.3 is 0 Å². The van der Waals surface area contributed by atoms with Crippen LogP contribution in [0.1, 0.15) is 52.2 Å². The highest BCUT2D eigenvalue weighted by molar-refractivity contribution is 5.34. The topological polar surface area (TPSA) is 29.4 Å². The fraction of sp³-hybridized carbons (Fsp3) is 0.562. The first-order valence-corrected chi connectivity index (χ1v) is 6.38. The highest BCUT2D eigenvalue weighted by Gasteiger charge is 2.26. The molecule has 2 nitrogen and oxygen atoms in total. The van der Waals surface area contributed by atoms with E-state index < -0.39 is 0 Å². The van der Waals surface area contributed by atoms with Gasteiger partial charge in [-0.1, -0.05) is 58.9 Å². The van der Waals surface area contributed by atoms with Gasteiger partial charge in [0.25, 0.3) is 0 Å². The summed E-state index contributed by atoms with van der Waals surface area (Å²) in [5.41, 5.74) is 2.85. The molecule has 0 N–H and O–H groups in total. The van der Waals surface area contributed by atoms with Crippen LogP contribution in [0.15, 0.2) is 29.3 Å². The molecule has 18 heavy (non-hydrogen) atoms. The molecule has 0 heterocycles. The van der Waals surface area contributed by atoms with Crippen molar-refractivity contribution in [3.63, 3.8) is 0 Å². The van der Waals surface area contributed by atoms with Gasteiger partial charge in [0, 0.05) is 0 Å². The minimum atomic E-state index is 0.157. The van der Waals surface area contributed by atoms with Gasteiger partial charge in [0.05, 0.1) is 6.54 Å². The molecule has 0 unspecified atom stereocenters. The van der Waals surface area contributed by atoms with Crippen molar-refractivity contribution >= 4 is 6.08 Å². The third kappa shape index (κ3) is 4.46. The lowest BCUT2D eigenvalue weighted by molar-refractivity contribution is 0.284. The number of isocyanates is 1. The molecule has 0 saturated heterocycles. The summed E-state index contributed by atoms with van der Waals surface area (Å²) in [6.07, 6.45) is 2.70. The van der Waals surface area contributed by atoms with Crippen molar-refractivity contribution in [2.75, 3.05) is 0 Å². The number of hydrogen-bond donors (Lipinski definition) is 0. The lowest BCUT2D eigenvalue weighted by Gasteiger charge is -2.33. The lowest BCUT2D eigenvalue weighted by Crippen LogP contribution is -2.24. The van der Waals surface area contributed by atoms with Gasteiger partial charge in [-0.05, 0) is 28.4 Å². The van der Waals surface area contributed by atoms with Crippen molar-refractivity contribution in [3.05, 3.63) is 35.4 Å². The van der Waals surface area contributed by atoms with Crippen molar-refractivity contribution in [2.24, 2.45) is 10.4 Å². The molecular formula is C16H23NO. The molecule has 0 atom stereocenters. The second kappa shape index (κ2) is 5.49. The first kappa shape index (κ1) is 14.7. The summed E-state index contributed by atoms with van der Waals surface area (Å²) in [6.45, 7) is 11.8. The predicted molar refractivity (Wildman–Crippen MR) is 75.4 cm³/mol. The van der Waals surface area contributed by atoms with Crippen LogP contribution in [-0.4, -0.2) is 6.08 Å². The standard InChI is InChI=1S/C16H23NO/c1-15(2,3)11-16(4,5)14-8-6-13(7-9-14)10-17-12-18/h6-9H,10-11H2,1-5H3. The third-order valence-electron chi connectivity index (χ3n) is 3.03. The number of aliphatic imine (C=N–C) groups is 1. The van der Waals surface area contributed by atoms with Gasteiger partial charge in [0.15, 0.2) is 0 Å². The van der Waals surface area contributed by atoms with Crippen LogP contribution in [0.25, 0.3) is 0 Å². The van der Waals surface area contributed by atoms with Crippen molar-refractivity contribution in [3.8, 4) is 0 Å². The van der Waals surface area contributed by atoms with Gasteiger partial charge < -0.3 is 0 Å². The molecular weight excluding hydrogens is 222 g/mol. The van der Waals surface area contributed by atoms with E-state index in [9.17, 15) is 4.79 Å². The van der Waals surface area contributed by atoms with E-state index >= 15 is 0 Å². The summed E-state index contributed by atoms with van der Waals surface area (Å²) >= 11 is 0. The number of carbonyl (C=O) groups excluding carboxylic acids is 1. The van der Waals surface area contributed by atoms with E-state index in [1.54, 1.807) is 6.08 Å². The summed E-state index contributed by atoms with van der Waals surface area (Å²) in [5, 5.41) is 0. The summed E-state index contributed by atoms with van der Waals surface area (Å²) in [4.78, 5) is 13.7. The molecule has 0 spiro atoms. The molecule has 1 rings (SSSR count). The first-order chi connectivity index (χ1) is 8.24. The minimum absolute atomic E-state index is 0.157. The molecule has 1 aromatic rings. The maximum Gasteiger partial charge on any atom is 0.235 e. The summed E-state index contributed by atoms with van der Waals surface area (Å²) in [6, 6.07) is 8.37. The number of benzene rings is 1. The van der Waals surface area contributed by atoms with Crippen molar-refractivity contribution in [1.29, 1.82) is 0 Å². The van der Waals surface area contributed by atoms with Crippen LogP contribution in [-0.2, 0) is 16.8 Å². The molecule has 0 aliphatic rings. The van der Waals surface area contributed by atoms with Crippen molar-refractivity contribution < 1.29 is 4.79 Å². The van der Waals surface area contributed by atoms with Crippen LogP contribution in [0.5, 0.6) is 0 Å². The van der Waals surface area contributed by atoms with Gasteiger partial charge in [-0.25, -0.2) is 9.79 Å². The van der Waals surface area contributed by atoms with E-state index in [0.29, 0.717) is 12.0 Å². The fourth-order valence-corrected chi connectivity index (χ4v) is 2.61. The van der Waals surface area contributed by atoms with E-state index in [1.165, 1.54) is 5.56 Å². The Labute approximate surface area is 110 Å². The Hall–Kier alpha value is -1.40. The molecule has 0 aromatic heterocycles. The van der Waals surface area contributed by atoms with Crippen LogP contribution in [0.3, 0.4) is 0 Å². The fourth-order valence-electron chi connectivity index (χ4n) is 2.61. The normalized spacial score (nSPS) is 12.1. The highest BCUT2D eigenvalue weighted by atomic mass is 16.1. The minimum Gasteiger partial charge on any atom is -0.211 e. The Balaban J connectivity index is 2.86. The molecule has 0 radical (unpaired) electrons. The largest absolute Gasteiger partial charge is 0.235 e. The molecule has 1 aromatic carbocycles. The quantitative estimate of drug-likeness (QED) is 0.576. The Morgan fingerprint density at radius 1 is 1.06 bits per heavy atom. The van der Waals surface area contributed by atoms with Gasteiger partial charge in [-0.2, -0.15) is 0 Å². The van der Waals surface area contributed by atoms with Gasteiger partial charge in [0.1, 0.15) is 0 Å². The lowest BCUT2D eigenvalue weighted by atomic mass is 9.72. The molecule has 2 heteroatoms. The molecule has 0 aliphatic carbocycles. The van der Waals surface area contributed by atoms with E-state index in [4.69, 9.17) is 0 Å². The second-order valence-corrected chi connectivity index (χ2v) is 6.73. The van der Waals surface area contributed by atoms with Crippen LogP contribution < -0.4 is 0 Å². The molecule has 0 aliphatic heterocycles. The van der Waals surface area contributed by atoms with E-state index in [-0.39, 0.29) is 5.41 Å². The van der Waals surface area contributed by atoms with Crippen molar-refractivity contribution in [1.82, 2.24) is 0 Å². The number of hydrogen-bond acceptors (Lipinski definition) is 2. The van der Waals surface area contributed by atoms with E-state index in [1.807, 2.05) is 12.1 Å². The molecule has 0 amide bonds. The Kier molecular flexibility index (Phi) is 4.48. The zero-order valence-electron chi connectivity index (χ0n) is 12.1. The van der Waals surface area contributed by atoms with Crippen LogP contribution >= 0.6 is 0 Å². The molecule has 0 fully saturated rings. The second-order valence-electron chi connectivity index (χ2n) is 6.73. The maximum atomic E-state index is 10.1. The molecule has 0 bridgehead atoms. The molecule has 0 saturated carbocycles. The van der Waals surface area contributed by atoms with Crippen molar-refractivity contribution in [2.45, 2.75) is 53.0 Å². The number of rotatable bonds is 4. The van der Waals surface area contributed by atoms with Crippen LogP contribution in [0, 0.1) is 5.41 Å². The Morgan fingerprint density at radius 3 is 2.06 bits per heavy atom. The first-order valence-electron chi connectivity index (χ1n) is 6.38. The van der Waals surface area contributed by atoms with Crippen LogP contribution in [0.4, 0.5) is 0 Å². The predicted octanol–water partition coefficient (Wildman–Crippen LogP) is 4.24. The van der Waals surface area contributed by atoms with E-state index in [2.05, 4.69) is 51.7 Å². The Bertz CT molecular complexity index is 431. The van der Waals surface area contributed by atoms with Gasteiger partial charge in [-0.3, -0.25) is 0 Å². The van der Waals surface area contributed by atoms with E-state index in [0.717, 1.165) is 12.0 Å². The summed E-state index contributed by atoms with van der Waals surface area (Å²) < 4.78 is 0. The monoisotopic (exact) mass is 245 g/mol. The summed E-state index contributed by atoms with van der Waals surface area (Å²) in [7, 11) is 0. The third-order valence-corrected chi connectivity index (χ3v) is 3.03. The maximum absolute atomic E-state index is 10.1. The SMILES string of the molecule is CC(C)(C)CC(C)(C)c1ccc(CN=C=O)cc1. The zero-order valence-corrected chi connectivity index (χ0v) is 12.1. The van der Waals surface area contributed by atoms with Gasteiger partial charge in [0.2, 0.25) is 6.08 Å². The highest BCUT2D eigenvalue weighted by Crippen LogP contribution is 2.36. The smallest absolute Gasteiger partial charge is 0.211 e. The average Bonchev–Trinajstić information content (AvgIpc) is 2.23. The Morgan fingerprint density at radius 2 is 1.61 bits per heavy atom. The zero-order chi connectivity index (χ0) is 13.8. The summed E-state index contributed by atoms with van der Waals surface area (Å²) in [5.74, 6) is 0. The number of nitrogens with zero attached hydrogens (tertiary/aromatic N) is 1. The van der Waals surface area contributed by atoms with Gasteiger partial charge in [-0.15, -0.1) is 0 Å². The molecule has 98 valence electrons.